The van der Waals surface area contributed by atoms with Crippen molar-refractivity contribution < 1.29 is 4.79 Å². The molecule has 0 radical (unpaired) electrons. The maximum absolute atomic E-state index is 12.9. The van der Waals surface area contributed by atoms with Gasteiger partial charge in [-0.1, -0.05) is 0 Å². The van der Waals surface area contributed by atoms with Crippen LogP contribution in [0.25, 0.3) is 4.96 Å². The maximum Gasteiger partial charge on any atom is 0.271 e. The van der Waals surface area contributed by atoms with Crippen LogP contribution in [0.2, 0.25) is 0 Å². The summed E-state index contributed by atoms with van der Waals surface area (Å²) < 4.78 is 3.53. The van der Waals surface area contributed by atoms with Crippen LogP contribution in [0, 0.1) is 27.7 Å². The van der Waals surface area contributed by atoms with Crippen LogP contribution in [0.3, 0.4) is 0 Å². The summed E-state index contributed by atoms with van der Waals surface area (Å²) in [6.07, 6.45) is 2.26. The largest absolute Gasteiger partial charge is 0.336 e. The van der Waals surface area contributed by atoms with Crippen LogP contribution in [-0.2, 0) is 0 Å². The minimum Gasteiger partial charge on any atom is -0.336 e. The van der Waals surface area contributed by atoms with E-state index >= 15 is 0 Å². The summed E-state index contributed by atoms with van der Waals surface area (Å²) in [5, 5.41) is 4.53. The molecule has 1 amide bonds. The Labute approximate surface area is 154 Å². The Kier molecular flexibility index (Phi) is 3.95. The molecular formula is C18H21N5O2S. The topological polar surface area (TPSA) is 72.5 Å². The molecule has 1 fully saturated rings. The molecule has 4 rings (SSSR count). The van der Waals surface area contributed by atoms with E-state index in [9.17, 15) is 9.59 Å². The standard InChI is InChI=1S/C18H21N5O2S/c1-10-7-11(2)23(20-10)14-5-6-21(9-14)16(24)15-8-19-18-22(17(15)25)12(3)13(4)26-18/h7-8,14H,5-6,9H2,1-4H3. The molecule has 4 heterocycles. The first-order valence-electron chi connectivity index (χ1n) is 8.66. The summed E-state index contributed by atoms with van der Waals surface area (Å²) in [6, 6.07) is 2.19. The van der Waals surface area contributed by atoms with Crippen LogP contribution in [0.15, 0.2) is 17.1 Å². The first-order valence-corrected chi connectivity index (χ1v) is 9.48. The average Bonchev–Trinajstić information content (AvgIpc) is 3.26. The molecule has 0 aromatic carbocycles. The minimum absolute atomic E-state index is 0.136. The van der Waals surface area contributed by atoms with Crippen molar-refractivity contribution in [2.75, 3.05) is 13.1 Å². The maximum atomic E-state index is 12.9. The Bertz CT molecular complexity index is 1080. The fraction of sp³-hybridized carbons (Fsp3) is 0.444. The van der Waals surface area contributed by atoms with Crippen molar-refractivity contribution >= 4 is 22.2 Å². The lowest BCUT2D eigenvalue weighted by Crippen LogP contribution is -2.34. The van der Waals surface area contributed by atoms with Crippen LogP contribution < -0.4 is 5.56 Å². The number of carbonyl (C=O) groups is 1. The van der Waals surface area contributed by atoms with Crippen molar-refractivity contribution in [3.8, 4) is 0 Å². The van der Waals surface area contributed by atoms with Gasteiger partial charge in [-0.2, -0.15) is 5.10 Å². The lowest BCUT2D eigenvalue weighted by molar-refractivity contribution is 0.0784. The molecule has 0 N–H and O–H groups in total. The molecule has 3 aromatic rings. The predicted molar refractivity (Wildman–Crippen MR) is 100 cm³/mol. The van der Waals surface area contributed by atoms with Crippen molar-refractivity contribution in [3.63, 3.8) is 0 Å². The molecule has 26 heavy (non-hydrogen) atoms. The third kappa shape index (κ3) is 2.56. The smallest absolute Gasteiger partial charge is 0.271 e. The Morgan fingerprint density at radius 1 is 1.27 bits per heavy atom. The zero-order chi connectivity index (χ0) is 18.6. The Morgan fingerprint density at radius 3 is 2.73 bits per heavy atom. The van der Waals surface area contributed by atoms with Gasteiger partial charge in [0.15, 0.2) is 4.96 Å². The van der Waals surface area contributed by atoms with E-state index in [1.54, 1.807) is 9.30 Å². The van der Waals surface area contributed by atoms with E-state index in [-0.39, 0.29) is 23.1 Å². The molecule has 0 saturated carbocycles. The molecule has 3 aromatic heterocycles. The molecule has 1 atom stereocenters. The van der Waals surface area contributed by atoms with E-state index < -0.39 is 0 Å². The molecule has 1 saturated heterocycles. The highest BCUT2D eigenvalue weighted by Crippen LogP contribution is 2.24. The van der Waals surface area contributed by atoms with Crippen molar-refractivity contribution in [1.82, 2.24) is 24.1 Å². The van der Waals surface area contributed by atoms with Crippen molar-refractivity contribution in [3.05, 3.63) is 50.1 Å². The first-order chi connectivity index (χ1) is 12.4. The van der Waals surface area contributed by atoms with E-state index in [1.165, 1.54) is 17.5 Å². The number of likely N-dealkylation sites (tertiary alicyclic amines) is 1. The Hall–Kier alpha value is -2.48. The summed E-state index contributed by atoms with van der Waals surface area (Å²) in [6.45, 7) is 9.00. The number of thiazole rings is 1. The number of rotatable bonds is 2. The van der Waals surface area contributed by atoms with Gasteiger partial charge in [0, 0.05) is 35.6 Å². The van der Waals surface area contributed by atoms with Crippen LogP contribution in [-0.4, -0.2) is 43.1 Å². The molecular weight excluding hydrogens is 350 g/mol. The zero-order valence-corrected chi connectivity index (χ0v) is 16.1. The number of amides is 1. The monoisotopic (exact) mass is 371 g/mol. The number of hydrogen-bond acceptors (Lipinski definition) is 5. The molecule has 0 spiro atoms. The van der Waals surface area contributed by atoms with Crippen LogP contribution in [0.5, 0.6) is 0 Å². The summed E-state index contributed by atoms with van der Waals surface area (Å²) in [5.41, 5.74) is 2.77. The molecule has 1 aliphatic rings. The van der Waals surface area contributed by atoms with Crippen molar-refractivity contribution in [1.29, 1.82) is 0 Å². The number of nitrogens with zero attached hydrogens (tertiary/aromatic N) is 5. The third-order valence-electron chi connectivity index (χ3n) is 5.09. The van der Waals surface area contributed by atoms with Gasteiger partial charge in [0.2, 0.25) is 0 Å². The minimum atomic E-state index is -0.281. The normalized spacial score (nSPS) is 17.4. The van der Waals surface area contributed by atoms with Gasteiger partial charge in [-0.15, -0.1) is 11.3 Å². The zero-order valence-electron chi connectivity index (χ0n) is 15.3. The third-order valence-corrected chi connectivity index (χ3v) is 6.16. The van der Waals surface area contributed by atoms with Crippen LogP contribution in [0.4, 0.5) is 0 Å². The molecule has 7 nitrogen and oxygen atoms in total. The van der Waals surface area contributed by atoms with Crippen LogP contribution in [0.1, 0.15) is 44.8 Å². The second-order valence-electron chi connectivity index (χ2n) is 6.90. The first kappa shape index (κ1) is 17.0. The molecule has 136 valence electrons. The van der Waals surface area contributed by atoms with Gasteiger partial charge in [-0.3, -0.25) is 18.7 Å². The van der Waals surface area contributed by atoms with Gasteiger partial charge in [0.25, 0.3) is 11.5 Å². The number of fused-ring (bicyclic) bond motifs is 1. The highest BCUT2D eigenvalue weighted by molar-refractivity contribution is 7.17. The molecule has 0 bridgehead atoms. The number of hydrogen-bond donors (Lipinski definition) is 0. The van der Waals surface area contributed by atoms with Gasteiger partial charge < -0.3 is 4.90 Å². The fourth-order valence-corrected chi connectivity index (χ4v) is 4.56. The van der Waals surface area contributed by atoms with Gasteiger partial charge >= 0.3 is 0 Å². The van der Waals surface area contributed by atoms with E-state index in [0.29, 0.717) is 18.1 Å². The quantitative estimate of drug-likeness (QED) is 0.693. The van der Waals surface area contributed by atoms with Gasteiger partial charge in [0.1, 0.15) is 5.56 Å². The average molecular weight is 371 g/mol. The second-order valence-corrected chi connectivity index (χ2v) is 8.09. The van der Waals surface area contributed by atoms with Crippen molar-refractivity contribution in [2.24, 2.45) is 0 Å². The van der Waals surface area contributed by atoms with E-state index in [0.717, 1.165) is 28.4 Å². The highest BCUT2D eigenvalue weighted by atomic mass is 32.1. The summed E-state index contributed by atoms with van der Waals surface area (Å²) in [7, 11) is 0. The summed E-state index contributed by atoms with van der Waals surface area (Å²) in [5.74, 6) is -0.246. The molecule has 1 unspecified atom stereocenters. The second kappa shape index (κ2) is 6.05. The van der Waals surface area contributed by atoms with Gasteiger partial charge in [-0.25, -0.2) is 4.98 Å². The van der Waals surface area contributed by atoms with E-state index in [1.807, 2.05) is 38.4 Å². The predicted octanol–water partition coefficient (Wildman–Crippen LogP) is 2.27. The van der Waals surface area contributed by atoms with Gasteiger partial charge in [0.05, 0.1) is 11.7 Å². The lowest BCUT2D eigenvalue weighted by atomic mass is 10.2. The number of carbonyl (C=O) groups excluding carboxylic acids is 1. The lowest BCUT2D eigenvalue weighted by Gasteiger charge is -2.17. The number of aromatic nitrogens is 4. The Balaban J connectivity index is 1.64. The highest BCUT2D eigenvalue weighted by Gasteiger charge is 2.31. The summed E-state index contributed by atoms with van der Waals surface area (Å²) >= 11 is 1.46. The molecule has 1 aliphatic heterocycles. The molecule has 8 heteroatoms. The Morgan fingerprint density at radius 2 is 2.04 bits per heavy atom. The van der Waals surface area contributed by atoms with E-state index in [4.69, 9.17) is 0 Å². The number of aryl methyl sites for hydroxylation is 4. The SMILES string of the molecule is Cc1cc(C)n(C2CCN(C(=O)c3cnc4sc(C)c(C)n4c3=O)C2)n1. The molecule has 0 aliphatic carbocycles. The van der Waals surface area contributed by atoms with Crippen LogP contribution >= 0.6 is 11.3 Å². The fourth-order valence-electron chi connectivity index (χ4n) is 3.63. The van der Waals surface area contributed by atoms with Gasteiger partial charge in [-0.05, 0) is 40.2 Å². The van der Waals surface area contributed by atoms with E-state index in [2.05, 4.69) is 10.1 Å². The summed E-state index contributed by atoms with van der Waals surface area (Å²) in [4.78, 5) is 33.5. The van der Waals surface area contributed by atoms with Crippen molar-refractivity contribution in [2.45, 2.75) is 40.2 Å².